The molecule has 0 amide bonds. The molecule has 6 heteroatoms. The van der Waals surface area contributed by atoms with Gasteiger partial charge >= 0.3 is 0 Å². The molecule has 0 aliphatic heterocycles. The molecule has 0 radical (unpaired) electrons. The molecule has 0 aliphatic carbocycles. The van der Waals surface area contributed by atoms with Crippen LogP contribution in [0.1, 0.15) is 0 Å². The van der Waals surface area contributed by atoms with E-state index in [2.05, 4.69) is 0 Å². The van der Waals surface area contributed by atoms with Crippen molar-refractivity contribution in [3.05, 3.63) is 103 Å². The highest BCUT2D eigenvalue weighted by Gasteiger charge is 1.89. The molecule has 0 nitrogen and oxygen atoms in total. The van der Waals surface area contributed by atoms with E-state index in [-0.39, 0.29) is 0 Å². The SMILES string of the molecule is Clc1ccc(Cl)cc1.Clc1cccc(Cl)c1.Clc1ccccc1Cl. The summed E-state index contributed by atoms with van der Waals surface area (Å²) in [6.45, 7) is 0. The molecule has 0 fully saturated rings. The van der Waals surface area contributed by atoms with Crippen LogP contribution in [0.3, 0.4) is 0 Å². The third kappa shape index (κ3) is 9.64. The maximum absolute atomic E-state index is 5.58. The van der Waals surface area contributed by atoms with Gasteiger partial charge in [-0.3, -0.25) is 0 Å². The Balaban J connectivity index is 0.000000180. The summed E-state index contributed by atoms with van der Waals surface area (Å²) in [5, 5.41) is 4.00. The second-order valence-corrected chi connectivity index (χ2v) is 6.85. The van der Waals surface area contributed by atoms with E-state index in [1.807, 2.05) is 18.2 Å². The Hall–Kier alpha value is -0.600. The Kier molecular flexibility index (Phi) is 10.6. The van der Waals surface area contributed by atoms with Gasteiger partial charge < -0.3 is 0 Å². The van der Waals surface area contributed by atoms with Crippen molar-refractivity contribution in [3.63, 3.8) is 0 Å². The van der Waals surface area contributed by atoms with Crippen molar-refractivity contribution >= 4 is 69.6 Å². The Morgan fingerprint density at radius 3 is 1.00 bits per heavy atom. The zero-order valence-electron chi connectivity index (χ0n) is 12.2. The molecule has 24 heavy (non-hydrogen) atoms. The average molecular weight is 441 g/mol. The van der Waals surface area contributed by atoms with Gasteiger partial charge in [0.25, 0.3) is 0 Å². The monoisotopic (exact) mass is 438 g/mol. The van der Waals surface area contributed by atoms with E-state index in [0.717, 1.165) is 10.0 Å². The highest BCUT2D eigenvalue weighted by atomic mass is 35.5. The summed E-state index contributed by atoms with van der Waals surface area (Å²) in [6.07, 6.45) is 0. The Morgan fingerprint density at radius 2 is 0.750 bits per heavy atom. The van der Waals surface area contributed by atoms with Gasteiger partial charge in [0.15, 0.2) is 0 Å². The summed E-state index contributed by atoms with van der Waals surface area (Å²) in [6, 6.07) is 21.3. The van der Waals surface area contributed by atoms with E-state index < -0.39 is 0 Å². The zero-order chi connectivity index (χ0) is 17.9. The predicted molar refractivity (Wildman–Crippen MR) is 109 cm³/mol. The fourth-order valence-corrected chi connectivity index (χ4v) is 2.29. The van der Waals surface area contributed by atoms with Crippen molar-refractivity contribution in [2.24, 2.45) is 0 Å². The van der Waals surface area contributed by atoms with Gasteiger partial charge in [-0.1, -0.05) is 87.8 Å². The summed E-state index contributed by atoms with van der Waals surface area (Å²) in [7, 11) is 0. The van der Waals surface area contributed by atoms with Crippen LogP contribution in [0.25, 0.3) is 0 Å². The minimum absolute atomic E-state index is 0.606. The number of rotatable bonds is 0. The first-order valence-corrected chi connectivity index (χ1v) is 8.87. The topological polar surface area (TPSA) is 0 Å². The fourth-order valence-electron chi connectivity index (χ4n) is 1.33. The number of benzene rings is 3. The second kappa shape index (κ2) is 11.9. The summed E-state index contributed by atoms with van der Waals surface area (Å²) < 4.78 is 0. The Bertz CT molecular complexity index is 681. The van der Waals surface area contributed by atoms with E-state index in [1.54, 1.807) is 54.6 Å². The van der Waals surface area contributed by atoms with Crippen molar-refractivity contribution in [1.29, 1.82) is 0 Å². The molecule has 0 heterocycles. The van der Waals surface area contributed by atoms with Gasteiger partial charge in [0, 0.05) is 20.1 Å². The van der Waals surface area contributed by atoms with Gasteiger partial charge in [-0.15, -0.1) is 0 Å². The molecule has 0 atom stereocenters. The first kappa shape index (κ1) is 21.4. The van der Waals surface area contributed by atoms with Gasteiger partial charge in [-0.2, -0.15) is 0 Å². The van der Waals surface area contributed by atoms with Crippen molar-refractivity contribution in [2.45, 2.75) is 0 Å². The Labute approximate surface area is 171 Å². The summed E-state index contributed by atoms with van der Waals surface area (Å²) in [5.74, 6) is 0. The third-order valence-corrected chi connectivity index (χ3v) is 4.14. The molecule has 0 bridgehead atoms. The second-order valence-electron chi connectivity index (χ2n) is 4.29. The molecule has 0 unspecified atom stereocenters. The van der Waals surface area contributed by atoms with E-state index in [4.69, 9.17) is 69.6 Å². The van der Waals surface area contributed by atoms with Gasteiger partial charge in [-0.25, -0.2) is 0 Å². The zero-order valence-corrected chi connectivity index (χ0v) is 16.7. The summed E-state index contributed by atoms with van der Waals surface area (Å²) >= 11 is 33.4. The molecule has 3 rings (SSSR count). The van der Waals surface area contributed by atoms with Gasteiger partial charge in [-0.05, 0) is 54.6 Å². The molecule has 3 aromatic rings. The van der Waals surface area contributed by atoms with Crippen molar-refractivity contribution in [3.8, 4) is 0 Å². The van der Waals surface area contributed by atoms with Crippen LogP contribution in [-0.2, 0) is 0 Å². The van der Waals surface area contributed by atoms with E-state index >= 15 is 0 Å². The van der Waals surface area contributed by atoms with E-state index in [0.29, 0.717) is 20.1 Å². The highest BCUT2D eigenvalue weighted by Crippen LogP contribution is 2.19. The molecular weight excluding hydrogens is 429 g/mol. The Morgan fingerprint density at radius 1 is 0.375 bits per heavy atom. The van der Waals surface area contributed by atoms with Crippen LogP contribution in [0.15, 0.2) is 72.8 Å². The van der Waals surface area contributed by atoms with Crippen molar-refractivity contribution in [2.75, 3.05) is 0 Å². The van der Waals surface area contributed by atoms with Gasteiger partial charge in [0.1, 0.15) is 0 Å². The van der Waals surface area contributed by atoms with Crippen molar-refractivity contribution in [1.82, 2.24) is 0 Å². The lowest BCUT2D eigenvalue weighted by molar-refractivity contribution is 1.71. The first-order chi connectivity index (χ1) is 11.4. The van der Waals surface area contributed by atoms with Crippen LogP contribution < -0.4 is 0 Å². The van der Waals surface area contributed by atoms with Crippen LogP contribution >= 0.6 is 69.6 Å². The summed E-state index contributed by atoms with van der Waals surface area (Å²) in [5.41, 5.74) is 0. The van der Waals surface area contributed by atoms with Crippen molar-refractivity contribution < 1.29 is 0 Å². The lowest BCUT2D eigenvalue weighted by Gasteiger charge is -1.88. The molecule has 0 saturated heterocycles. The van der Waals surface area contributed by atoms with E-state index in [1.165, 1.54) is 0 Å². The number of hydrogen-bond donors (Lipinski definition) is 0. The highest BCUT2D eigenvalue weighted by molar-refractivity contribution is 6.41. The fraction of sp³-hybridized carbons (Fsp3) is 0. The normalized spacial score (nSPS) is 9.25. The van der Waals surface area contributed by atoms with Crippen LogP contribution in [0.5, 0.6) is 0 Å². The van der Waals surface area contributed by atoms with Gasteiger partial charge in [0.05, 0.1) is 10.0 Å². The average Bonchev–Trinajstić information content (AvgIpc) is 2.54. The van der Waals surface area contributed by atoms with Crippen LogP contribution in [0.4, 0.5) is 0 Å². The van der Waals surface area contributed by atoms with Crippen LogP contribution in [0, 0.1) is 0 Å². The molecular formula is C18H12Cl6. The lowest BCUT2D eigenvalue weighted by atomic mass is 10.4. The molecule has 0 aliphatic rings. The third-order valence-electron chi connectivity index (χ3n) is 2.41. The minimum atomic E-state index is 0.606. The smallest absolute Gasteiger partial charge is 0.0592 e. The quantitative estimate of drug-likeness (QED) is 0.327. The predicted octanol–water partition coefficient (Wildman–Crippen LogP) is 8.98. The molecule has 0 N–H and O–H groups in total. The number of hydrogen-bond acceptors (Lipinski definition) is 0. The number of halogens is 6. The van der Waals surface area contributed by atoms with Gasteiger partial charge in [0.2, 0.25) is 0 Å². The van der Waals surface area contributed by atoms with Crippen LogP contribution in [-0.4, -0.2) is 0 Å². The molecule has 0 saturated carbocycles. The minimum Gasteiger partial charge on any atom is -0.0843 e. The molecule has 0 aromatic heterocycles. The van der Waals surface area contributed by atoms with Crippen LogP contribution in [0.2, 0.25) is 30.1 Å². The largest absolute Gasteiger partial charge is 0.0843 e. The maximum atomic E-state index is 5.58. The molecule has 0 spiro atoms. The lowest BCUT2D eigenvalue weighted by Crippen LogP contribution is -1.62. The maximum Gasteiger partial charge on any atom is 0.0592 e. The molecule has 126 valence electrons. The molecule has 3 aromatic carbocycles. The van der Waals surface area contributed by atoms with E-state index in [9.17, 15) is 0 Å². The summed E-state index contributed by atoms with van der Waals surface area (Å²) in [4.78, 5) is 0. The standard InChI is InChI=1S/3C6H4Cl2/c7-5-1-2-6(8)4-3-5;7-5-2-1-3-6(8)4-5;7-5-3-1-2-4-6(5)8/h3*1-4H. The first-order valence-electron chi connectivity index (χ1n) is 6.60.